The highest BCUT2D eigenvalue weighted by Gasteiger charge is 2.35. The number of aryl methyl sites for hydroxylation is 1. The van der Waals surface area contributed by atoms with Crippen molar-refractivity contribution in [1.82, 2.24) is 23.4 Å². The van der Waals surface area contributed by atoms with Crippen LogP contribution in [0, 0.1) is 5.92 Å². The van der Waals surface area contributed by atoms with Gasteiger partial charge in [0.2, 0.25) is 10.0 Å². The fraction of sp³-hybridized carbons (Fsp3) is 0.562. The van der Waals surface area contributed by atoms with Crippen molar-refractivity contribution in [3.63, 3.8) is 0 Å². The van der Waals surface area contributed by atoms with Crippen LogP contribution in [0.3, 0.4) is 0 Å². The first kappa shape index (κ1) is 21.1. The van der Waals surface area contributed by atoms with E-state index in [2.05, 4.69) is 9.97 Å². The zero-order valence-corrected chi connectivity index (χ0v) is 16.4. The summed E-state index contributed by atoms with van der Waals surface area (Å²) in [4.78, 5) is 17.2. The van der Waals surface area contributed by atoms with Crippen LogP contribution in [0.2, 0.25) is 0 Å². The van der Waals surface area contributed by atoms with Crippen molar-refractivity contribution in [2.75, 3.05) is 33.1 Å². The highest BCUT2D eigenvalue weighted by atomic mass is 32.2. The molecule has 2 aromatic rings. The summed E-state index contributed by atoms with van der Waals surface area (Å²) in [5.41, 5.74) is 0. The smallest absolute Gasteiger partial charge is 0.290 e. The molecule has 11 heteroatoms. The van der Waals surface area contributed by atoms with Gasteiger partial charge in [0, 0.05) is 51.3 Å². The molecule has 0 saturated carbocycles. The van der Waals surface area contributed by atoms with Gasteiger partial charge >= 0.3 is 0 Å². The van der Waals surface area contributed by atoms with Crippen LogP contribution in [-0.4, -0.2) is 76.5 Å². The van der Waals surface area contributed by atoms with E-state index in [1.807, 2.05) is 28.5 Å². The summed E-state index contributed by atoms with van der Waals surface area (Å²) in [6.45, 7) is 3.49. The van der Waals surface area contributed by atoms with Crippen molar-refractivity contribution >= 4 is 16.5 Å². The maximum atomic E-state index is 12.2. The Balaban J connectivity index is 0.000000817. The second kappa shape index (κ2) is 9.11. The minimum Gasteiger partial charge on any atom is -0.483 e. The number of carboxylic acid groups (broad SMARTS) is 1. The summed E-state index contributed by atoms with van der Waals surface area (Å²) in [7, 11) is -0.174. The van der Waals surface area contributed by atoms with E-state index in [-0.39, 0.29) is 24.2 Å². The Kier molecular flexibility index (Phi) is 7.11. The first-order valence-electron chi connectivity index (χ1n) is 8.45. The van der Waals surface area contributed by atoms with Gasteiger partial charge in [-0.15, -0.1) is 0 Å². The fourth-order valence-electron chi connectivity index (χ4n) is 3.00. The molecular formula is C16H25N5O5S. The number of aromatic nitrogens is 4. The zero-order valence-electron chi connectivity index (χ0n) is 15.6. The molecule has 0 radical (unpaired) electrons. The molecule has 0 unspecified atom stereocenters. The van der Waals surface area contributed by atoms with Gasteiger partial charge in [-0.25, -0.2) is 22.7 Å². The lowest BCUT2D eigenvalue weighted by molar-refractivity contribution is -0.122. The normalized spacial score (nSPS) is 19.7. The number of imidazole rings is 2. The molecule has 27 heavy (non-hydrogen) atoms. The standard InChI is InChI=1S/C15H23N5O3S.CH2O2/c1-4-19-7-5-16-14(19)15-17-6-8-20(15)13-10-23-9-12(13)11-24(21,22)18(2)3;2-1-3/h5-8,12-13H,4,9-11H2,1-3H3;1H,(H,2,3)/t12-,13+;/m0./s1. The predicted octanol–water partition coefficient (Wildman–Crippen LogP) is 0.546. The zero-order chi connectivity index (χ0) is 20.0. The highest BCUT2D eigenvalue weighted by molar-refractivity contribution is 7.89. The fourth-order valence-corrected chi connectivity index (χ4v) is 4.16. The summed E-state index contributed by atoms with van der Waals surface area (Å²) in [6, 6.07) is -0.0702. The monoisotopic (exact) mass is 399 g/mol. The van der Waals surface area contributed by atoms with Gasteiger partial charge in [0.05, 0.1) is 25.0 Å². The molecule has 2 aromatic heterocycles. The van der Waals surface area contributed by atoms with Gasteiger partial charge in [0.1, 0.15) is 0 Å². The van der Waals surface area contributed by atoms with Gasteiger partial charge in [-0.3, -0.25) is 4.79 Å². The average molecular weight is 399 g/mol. The van der Waals surface area contributed by atoms with Crippen LogP contribution in [0.1, 0.15) is 13.0 Å². The lowest BCUT2D eigenvalue weighted by atomic mass is 10.1. The number of nitrogens with zero attached hydrogens (tertiary/aromatic N) is 5. The van der Waals surface area contributed by atoms with Crippen LogP contribution in [0.25, 0.3) is 11.6 Å². The van der Waals surface area contributed by atoms with E-state index < -0.39 is 10.0 Å². The minimum absolute atomic E-state index is 0.0600. The van der Waals surface area contributed by atoms with E-state index in [0.717, 1.165) is 18.2 Å². The summed E-state index contributed by atoms with van der Waals surface area (Å²) in [5, 5.41) is 6.89. The van der Waals surface area contributed by atoms with Crippen LogP contribution < -0.4 is 0 Å². The van der Waals surface area contributed by atoms with E-state index in [1.165, 1.54) is 4.31 Å². The Morgan fingerprint density at radius 3 is 2.52 bits per heavy atom. The van der Waals surface area contributed by atoms with E-state index in [9.17, 15) is 8.42 Å². The molecule has 150 valence electrons. The van der Waals surface area contributed by atoms with Crippen LogP contribution in [0.5, 0.6) is 0 Å². The molecular weight excluding hydrogens is 374 g/mol. The van der Waals surface area contributed by atoms with Crippen LogP contribution in [0.4, 0.5) is 0 Å². The second-order valence-electron chi connectivity index (χ2n) is 6.23. The van der Waals surface area contributed by atoms with Gasteiger partial charge in [0.15, 0.2) is 11.6 Å². The Morgan fingerprint density at radius 2 is 1.89 bits per heavy atom. The third-order valence-corrected chi connectivity index (χ3v) is 6.39. The molecule has 1 aliphatic heterocycles. The molecule has 1 fully saturated rings. The van der Waals surface area contributed by atoms with E-state index >= 15 is 0 Å². The van der Waals surface area contributed by atoms with Gasteiger partial charge in [-0.05, 0) is 6.92 Å². The third kappa shape index (κ3) is 4.73. The minimum atomic E-state index is -3.29. The molecule has 0 bridgehead atoms. The van der Waals surface area contributed by atoms with Crippen molar-refractivity contribution < 1.29 is 23.1 Å². The SMILES string of the molecule is CCn1ccnc1-c1nccn1[C@@H]1COC[C@H]1CS(=O)(=O)N(C)C.O=CO. The molecule has 1 aliphatic rings. The van der Waals surface area contributed by atoms with Crippen molar-refractivity contribution in [2.45, 2.75) is 19.5 Å². The Bertz CT molecular complexity index is 845. The topological polar surface area (TPSA) is 120 Å². The summed E-state index contributed by atoms with van der Waals surface area (Å²) in [6.07, 6.45) is 7.25. The molecule has 0 amide bonds. The maximum absolute atomic E-state index is 12.2. The third-order valence-electron chi connectivity index (χ3n) is 4.43. The van der Waals surface area contributed by atoms with Gasteiger partial charge in [-0.1, -0.05) is 0 Å². The van der Waals surface area contributed by atoms with Crippen LogP contribution >= 0.6 is 0 Å². The molecule has 1 saturated heterocycles. The molecule has 0 spiro atoms. The first-order valence-corrected chi connectivity index (χ1v) is 10.1. The molecule has 2 atom stereocenters. The largest absolute Gasteiger partial charge is 0.483 e. The number of ether oxygens (including phenoxy) is 1. The van der Waals surface area contributed by atoms with E-state index in [4.69, 9.17) is 14.6 Å². The first-order chi connectivity index (χ1) is 12.9. The molecule has 1 N–H and O–H groups in total. The lowest BCUT2D eigenvalue weighted by Gasteiger charge is -2.22. The van der Waals surface area contributed by atoms with Gasteiger partial charge in [-0.2, -0.15) is 0 Å². The molecule has 0 aliphatic carbocycles. The predicted molar refractivity (Wildman–Crippen MR) is 98.6 cm³/mol. The van der Waals surface area contributed by atoms with E-state index in [0.29, 0.717) is 13.2 Å². The highest BCUT2D eigenvalue weighted by Crippen LogP contribution is 2.31. The van der Waals surface area contributed by atoms with Crippen molar-refractivity contribution in [3.05, 3.63) is 24.8 Å². The Hall–Kier alpha value is -2.24. The van der Waals surface area contributed by atoms with Gasteiger partial charge < -0.3 is 19.0 Å². The molecule has 3 heterocycles. The lowest BCUT2D eigenvalue weighted by Crippen LogP contribution is -2.32. The maximum Gasteiger partial charge on any atom is 0.290 e. The quantitative estimate of drug-likeness (QED) is 0.704. The van der Waals surface area contributed by atoms with Gasteiger partial charge in [0.25, 0.3) is 6.47 Å². The summed E-state index contributed by atoms with van der Waals surface area (Å²) < 4.78 is 35.4. The van der Waals surface area contributed by atoms with E-state index in [1.54, 1.807) is 26.5 Å². The summed E-state index contributed by atoms with van der Waals surface area (Å²) >= 11 is 0. The molecule has 0 aromatic carbocycles. The number of carbonyl (C=O) groups is 1. The molecule has 10 nitrogen and oxygen atoms in total. The number of hydrogen-bond donors (Lipinski definition) is 1. The number of sulfonamides is 1. The van der Waals surface area contributed by atoms with Crippen molar-refractivity contribution in [1.29, 1.82) is 0 Å². The van der Waals surface area contributed by atoms with Crippen LogP contribution in [-0.2, 0) is 26.1 Å². The molecule has 3 rings (SSSR count). The van der Waals surface area contributed by atoms with Crippen molar-refractivity contribution in [3.8, 4) is 11.6 Å². The van der Waals surface area contributed by atoms with Crippen LogP contribution in [0.15, 0.2) is 24.8 Å². The second-order valence-corrected chi connectivity index (χ2v) is 8.45. The summed E-state index contributed by atoms with van der Waals surface area (Å²) in [5.74, 6) is 1.47. The Morgan fingerprint density at radius 1 is 1.26 bits per heavy atom. The average Bonchev–Trinajstić information content (AvgIpc) is 3.34. The number of hydrogen-bond acceptors (Lipinski definition) is 6. The van der Waals surface area contributed by atoms with Crippen molar-refractivity contribution in [2.24, 2.45) is 5.92 Å². The Labute approximate surface area is 158 Å². The number of rotatable bonds is 6.